The number of hydrogen-bond donors (Lipinski definition) is 2. The minimum atomic E-state index is -4.65. The fourth-order valence-electron chi connectivity index (χ4n) is 3.85. The molecule has 0 heterocycles. The zero-order valence-electron chi connectivity index (χ0n) is 21.0. The van der Waals surface area contributed by atoms with Crippen LogP contribution in [0.2, 0.25) is 10.0 Å². The Morgan fingerprint density at radius 2 is 1.79 bits per heavy atom. The first kappa shape index (κ1) is 30.8. The topological polar surface area (TPSA) is 140 Å². The van der Waals surface area contributed by atoms with E-state index in [1.807, 2.05) is 0 Å². The number of amides is 1. The summed E-state index contributed by atoms with van der Waals surface area (Å²) < 4.78 is 38.6. The van der Waals surface area contributed by atoms with Crippen LogP contribution in [-0.2, 0) is 16.5 Å². The fourth-order valence-corrected chi connectivity index (χ4v) is 5.47. The molecular formula is C26H20Cl2N3NaO6S. The summed E-state index contributed by atoms with van der Waals surface area (Å²) in [5.41, 5.74) is 0.169. The number of anilines is 1. The average Bonchev–Trinajstić information content (AvgIpc) is 2.87. The maximum atomic E-state index is 13.4. The molecule has 39 heavy (non-hydrogen) atoms. The first-order chi connectivity index (χ1) is 18.0. The number of nitrogens with zero attached hydrogens (tertiary/aromatic N) is 2. The van der Waals surface area contributed by atoms with Crippen LogP contribution in [0.5, 0.6) is 11.5 Å². The van der Waals surface area contributed by atoms with E-state index in [9.17, 15) is 22.9 Å². The maximum absolute atomic E-state index is 13.4. The molecular weight excluding hydrogens is 576 g/mol. The second kappa shape index (κ2) is 12.6. The summed E-state index contributed by atoms with van der Waals surface area (Å²) in [6, 6.07) is 15.7. The van der Waals surface area contributed by atoms with Gasteiger partial charge in [-0.15, -0.1) is 5.11 Å². The number of methoxy groups -OCH3 is 1. The third kappa shape index (κ3) is 6.72. The molecule has 0 aliphatic rings. The number of fused-ring (bicyclic) bond motifs is 1. The van der Waals surface area contributed by atoms with Crippen LogP contribution >= 0.6 is 23.2 Å². The summed E-state index contributed by atoms with van der Waals surface area (Å²) >= 11 is 12.3. The monoisotopic (exact) mass is 595 g/mol. The second-order valence-corrected chi connectivity index (χ2v) is 10.2. The minimum absolute atomic E-state index is 0. The Morgan fingerprint density at radius 3 is 2.46 bits per heavy atom. The smallest absolute Gasteiger partial charge is 0.870 e. The van der Waals surface area contributed by atoms with Gasteiger partial charge in [0.05, 0.1) is 17.8 Å². The van der Waals surface area contributed by atoms with E-state index in [0.29, 0.717) is 32.8 Å². The van der Waals surface area contributed by atoms with Crippen LogP contribution in [0.3, 0.4) is 0 Å². The number of rotatable bonds is 7. The van der Waals surface area contributed by atoms with E-state index in [4.69, 9.17) is 27.9 Å². The molecule has 0 aliphatic heterocycles. The largest absolute Gasteiger partial charge is 1.00 e. The third-order valence-electron chi connectivity index (χ3n) is 5.64. The Balaban J connectivity index is 0.00000420. The van der Waals surface area contributed by atoms with Crippen molar-refractivity contribution < 1.29 is 57.2 Å². The van der Waals surface area contributed by atoms with Gasteiger partial charge < -0.3 is 15.2 Å². The van der Waals surface area contributed by atoms with Gasteiger partial charge in [0.2, 0.25) is 0 Å². The van der Waals surface area contributed by atoms with Crippen LogP contribution < -0.4 is 44.7 Å². The van der Waals surface area contributed by atoms with Crippen molar-refractivity contribution >= 4 is 67.1 Å². The van der Waals surface area contributed by atoms with Gasteiger partial charge in [0, 0.05) is 27.7 Å². The Kier molecular flexibility index (Phi) is 10.0. The normalized spacial score (nSPS) is 11.4. The molecule has 9 nitrogen and oxygen atoms in total. The standard InChI is InChI=1S/C26H21Cl2N3O6S.Na/c1-3-14-8-9-21(22(28)25(14)38(34,35)36)30-31-23-19-7-5-4-6-15(19)10-20(24(23)32)26(33)29-17-11-16(27)12-18(13-17)37-2;/h4-13,32H,3H2,1-2H3,(H,29,33)(H,34,35,36);/q;+1/p-1. The minimum Gasteiger partial charge on any atom is -0.870 e. The molecule has 1 amide bonds. The van der Waals surface area contributed by atoms with Gasteiger partial charge in [0.1, 0.15) is 16.3 Å². The van der Waals surface area contributed by atoms with Crippen molar-refractivity contribution in [3.63, 3.8) is 0 Å². The fraction of sp³-hybridized carbons (Fsp3) is 0.115. The summed E-state index contributed by atoms with van der Waals surface area (Å²) in [5.74, 6) is -1.01. The summed E-state index contributed by atoms with van der Waals surface area (Å²) in [4.78, 5) is 12.6. The van der Waals surface area contributed by atoms with Crippen molar-refractivity contribution in [2.24, 2.45) is 10.2 Å². The summed E-state index contributed by atoms with van der Waals surface area (Å²) in [7, 11) is -3.19. The average molecular weight is 596 g/mol. The summed E-state index contributed by atoms with van der Waals surface area (Å²) in [6.07, 6.45) is 0.289. The number of ether oxygens (including phenoxy) is 1. The van der Waals surface area contributed by atoms with Gasteiger partial charge in [0.15, 0.2) is 0 Å². The third-order valence-corrected chi connectivity index (χ3v) is 7.33. The number of carbonyl (C=O) groups is 1. The van der Waals surface area contributed by atoms with E-state index < -0.39 is 26.7 Å². The van der Waals surface area contributed by atoms with E-state index in [1.165, 1.54) is 31.4 Å². The first-order valence-corrected chi connectivity index (χ1v) is 13.3. The molecule has 0 aliphatic carbocycles. The predicted molar refractivity (Wildman–Crippen MR) is 144 cm³/mol. The van der Waals surface area contributed by atoms with E-state index in [1.54, 1.807) is 43.3 Å². The van der Waals surface area contributed by atoms with Crippen LogP contribution in [0.15, 0.2) is 75.8 Å². The first-order valence-electron chi connectivity index (χ1n) is 11.1. The van der Waals surface area contributed by atoms with Gasteiger partial charge in [-0.1, -0.05) is 66.2 Å². The number of benzene rings is 4. The number of azo groups is 1. The van der Waals surface area contributed by atoms with Crippen molar-refractivity contribution in [2.75, 3.05) is 12.4 Å². The number of nitrogens with one attached hydrogen (secondary N) is 1. The Bertz CT molecular complexity index is 1710. The molecule has 4 aromatic carbocycles. The van der Waals surface area contributed by atoms with Crippen molar-refractivity contribution in [3.8, 4) is 11.5 Å². The Morgan fingerprint density at radius 1 is 1.08 bits per heavy atom. The molecule has 0 fully saturated rings. The molecule has 0 atom stereocenters. The zero-order chi connectivity index (χ0) is 27.6. The van der Waals surface area contributed by atoms with E-state index in [-0.39, 0.29) is 57.9 Å². The molecule has 196 valence electrons. The van der Waals surface area contributed by atoms with E-state index in [0.717, 1.165) is 0 Å². The Hall–Kier alpha value is -2.70. The quantitative estimate of drug-likeness (QED) is 0.189. The molecule has 0 radical (unpaired) electrons. The molecule has 2 N–H and O–H groups in total. The van der Waals surface area contributed by atoms with Crippen LogP contribution in [0.25, 0.3) is 10.8 Å². The van der Waals surface area contributed by atoms with Crippen molar-refractivity contribution in [3.05, 3.63) is 81.8 Å². The number of aryl methyl sites for hydroxylation is 1. The molecule has 0 aromatic heterocycles. The van der Waals surface area contributed by atoms with Crippen LogP contribution in [0, 0.1) is 0 Å². The molecule has 0 saturated heterocycles. The van der Waals surface area contributed by atoms with Crippen molar-refractivity contribution in [1.29, 1.82) is 0 Å². The molecule has 0 unspecified atom stereocenters. The molecule has 4 aromatic rings. The van der Waals surface area contributed by atoms with Crippen molar-refractivity contribution in [1.82, 2.24) is 0 Å². The SMILES string of the molecule is CCc1ccc(N=Nc2c([O-])c(C(=O)Nc3cc(Cl)cc(OC)c3)cc3ccccc23)c(Cl)c1S(=O)(=O)O.[Na+]. The van der Waals surface area contributed by atoms with E-state index in [2.05, 4.69) is 15.5 Å². The van der Waals surface area contributed by atoms with Gasteiger partial charge in [-0.3, -0.25) is 9.35 Å². The predicted octanol–water partition coefficient (Wildman–Crippen LogP) is 3.71. The molecule has 0 spiro atoms. The van der Waals surface area contributed by atoms with Gasteiger partial charge in [0.25, 0.3) is 16.0 Å². The number of hydrogen-bond acceptors (Lipinski definition) is 7. The molecule has 4 rings (SSSR count). The van der Waals surface area contributed by atoms with Gasteiger partial charge in [-0.05, 0) is 41.6 Å². The van der Waals surface area contributed by atoms with Crippen LogP contribution in [0.1, 0.15) is 22.8 Å². The van der Waals surface area contributed by atoms with Gasteiger partial charge >= 0.3 is 29.6 Å². The molecule has 0 bridgehead atoms. The molecule has 0 saturated carbocycles. The Labute approximate surface area is 256 Å². The zero-order valence-corrected chi connectivity index (χ0v) is 25.4. The number of carbonyl (C=O) groups excluding carboxylic acids is 1. The maximum Gasteiger partial charge on any atom is 1.00 e. The van der Waals surface area contributed by atoms with Crippen LogP contribution in [-0.4, -0.2) is 26.0 Å². The van der Waals surface area contributed by atoms with E-state index >= 15 is 0 Å². The second-order valence-electron chi connectivity index (χ2n) is 8.07. The summed E-state index contributed by atoms with van der Waals surface area (Å²) in [5, 5.41) is 25.1. The number of halogens is 2. The van der Waals surface area contributed by atoms with Gasteiger partial charge in [-0.25, -0.2) is 0 Å². The van der Waals surface area contributed by atoms with Crippen LogP contribution in [0.4, 0.5) is 17.1 Å². The summed E-state index contributed by atoms with van der Waals surface area (Å²) in [6.45, 7) is 1.70. The van der Waals surface area contributed by atoms with Gasteiger partial charge in [-0.2, -0.15) is 13.5 Å². The van der Waals surface area contributed by atoms with Crippen molar-refractivity contribution in [2.45, 2.75) is 18.2 Å². The molecule has 13 heteroatoms.